The van der Waals surface area contributed by atoms with Crippen LogP contribution in [-0.4, -0.2) is 30.1 Å². The highest BCUT2D eigenvalue weighted by molar-refractivity contribution is 5.33. The molecule has 0 spiro atoms. The van der Waals surface area contributed by atoms with E-state index in [1.807, 2.05) is 12.1 Å². The molecule has 0 radical (unpaired) electrons. The van der Waals surface area contributed by atoms with Crippen LogP contribution in [0.4, 0.5) is 0 Å². The molecule has 1 aromatic carbocycles. The molecule has 0 amide bonds. The molecule has 0 aliphatic carbocycles. The van der Waals surface area contributed by atoms with Gasteiger partial charge in [0.1, 0.15) is 0 Å². The highest BCUT2D eigenvalue weighted by atomic mass is 15.3. The van der Waals surface area contributed by atoms with Crippen LogP contribution < -0.4 is 5.32 Å². The summed E-state index contributed by atoms with van der Waals surface area (Å²) in [6.07, 6.45) is 0. The smallest absolute Gasteiger partial charge is 0.0991 e. The van der Waals surface area contributed by atoms with E-state index in [0.717, 1.165) is 30.5 Å². The van der Waals surface area contributed by atoms with Gasteiger partial charge in [-0.3, -0.25) is 4.90 Å². The zero-order chi connectivity index (χ0) is 14.3. The number of fused-ring (bicyclic) bond motifs is 1. The summed E-state index contributed by atoms with van der Waals surface area (Å²) in [7, 11) is 0. The van der Waals surface area contributed by atoms with E-state index in [0.29, 0.717) is 6.04 Å². The van der Waals surface area contributed by atoms with Crippen LogP contribution in [0.2, 0.25) is 0 Å². The highest BCUT2D eigenvalue weighted by Crippen LogP contribution is 2.44. The number of hydrogen-bond donors (Lipinski definition) is 1. The molecule has 0 bridgehead atoms. The Balaban J connectivity index is 1.83. The number of nitrogens with one attached hydrogen (secondary N) is 1. The van der Waals surface area contributed by atoms with E-state index < -0.39 is 0 Å². The molecule has 2 aliphatic heterocycles. The van der Waals surface area contributed by atoms with Crippen molar-refractivity contribution in [3.05, 3.63) is 35.4 Å². The van der Waals surface area contributed by atoms with Gasteiger partial charge in [-0.1, -0.05) is 12.1 Å². The lowest BCUT2D eigenvalue weighted by Crippen LogP contribution is -2.45. The van der Waals surface area contributed by atoms with Gasteiger partial charge in [-0.05, 0) is 56.8 Å². The average Bonchev–Trinajstić information content (AvgIpc) is 3.01. The van der Waals surface area contributed by atoms with Crippen molar-refractivity contribution < 1.29 is 0 Å². The van der Waals surface area contributed by atoms with Crippen LogP contribution in [0.5, 0.6) is 0 Å². The number of benzene rings is 1. The topological polar surface area (TPSA) is 39.1 Å². The van der Waals surface area contributed by atoms with Gasteiger partial charge in [-0.15, -0.1) is 0 Å². The largest absolute Gasteiger partial charge is 0.316 e. The maximum Gasteiger partial charge on any atom is 0.0991 e. The molecule has 3 atom stereocenters. The Kier molecular flexibility index (Phi) is 3.32. The first-order chi connectivity index (χ1) is 9.54. The van der Waals surface area contributed by atoms with E-state index in [1.54, 1.807) is 0 Å². The number of rotatable bonds is 2. The molecule has 0 aromatic heterocycles. The molecule has 3 unspecified atom stereocenters. The summed E-state index contributed by atoms with van der Waals surface area (Å²) in [5.74, 6) is 1.54. The standard InChI is InChI=1S/C17H23N3/c1-12(14-6-4-13(8-18)5-7-14)20-11-15-9-19-10-16(15)17(20,2)3/h4-7,12,15-16,19H,9-11H2,1-3H3. The second-order valence-electron chi connectivity index (χ2n) is 6.74. The highest BCUT2D eigenvalue weighted by Gasteiger charge is 2.50. The zero-order valence-electron chi connectivity index (χ0n) is 12.6. The summed E-state index contributed by atoms with van der Waals surface area (Å²) in [6.45, 7) is 10.5. The monoisotopic (exact) mass is 269 g/mol. The fourth-order valence-corrected chi connectivity index (χ4v) is 4.13. The molecule has 2 fully saturated rings. The fourth-order valence-electron chi connectivity index (χ4n) is 4.13. The maximum atomic E-state index is 8.90. The Morgan fingerprint density at radius 3 is 2.60 bits per heavy atom. The second-order valence-corrected chi connectivity index (χ2v) is 6.74. The lowest BCUT2D eigenvalue weighted by Gasteiger charge is -2.40. The Morgan fingerprint density at radius 2 is 2.00 bits per heavy atom. The first kappa shape index (κ1) is 13.6. The van der Waals surface area contributed by atoms with Gasteiger partial charge in [0, 0.05) is 24.7 Å². The van der Waals surface area contributed by atoms with Gasteiger partial charge in [-0.2, -0.15) is 5.26 Å². The maximum absolute atomic E-state index is 8.90. The molecule has 1 N–H and O–H groups in total. The van der Waals surface area contributed by atoms with Crippen LogP contribution in [0, 0.1) is 23.2 Å². The number of hydrogen-bond acceptors (Lipinski definition) is 3. The van der Waals surface area contributed by atoms with Gasteiger partial charge in [-0.25, -0.2) is 0 Å². The van der Waals surface area contributed by atoms with Gasteiger partial charge in [0.25, 0.3) is 0 Å². The molecule has 1 aromatic rings. The van der Waals surface area contributed by atoms with Crippen LogP contribution in [0.3, 0.4) is 0 Å². The summed E-state index contributed by atoms with van der Waals surface area (Å²) in [4.78, 5) is 2.64. The number of likely N-dealkylation sites (tertiary alicyclic amines) is 1. The molecule has 2 heterocycles. The van der Waals surface area contributed by atoms with Crippen molar-refractivity contribution in [3.63, 3.8) is 0 Å². The van der Waals surface area contributed by atoms with Gasteiger partial charge in [0.2, 0.25) is 0 Å². The Labute approximate surface area is 121 Å². The molecule has 2 aliphatic rings. The van der Waals surface area contributed by atoms with Crippen molar-refractivity contribution in [1.82, 2.24) is 10.2 Å². The second kappa shape index (κ2) is 4.87. The quantitative estimate of drug-likeness (QED) is 0.897. The summed E-state index contributed by atoms with van der Waals surface area (Å²) in [6, 6.07) is 10.7. The lowest BCUT2D eigenvalue weighted by molar-refractivity contribution is 0.0971. The third kappa shape index (κ3) is 2.04. The van der Waals surface area contributed by atoms with Crippen LogP contribution in [-0.2, 0) is 0 Å². The summed E-state index contributed by atoms with van der Waals surface area (Å²) in [5.41, 5.74) is 2.29. The fraction of sp³-hybridized carbons (Fsp3) is 0.588. The third-order valence-corrected chi connectivity index (χ3v) is 5.41. The molecule has 20 heavy (non-hydrogen) atoms. The molecule has 3 heteroatoms. The molecular weight excluding hydrogens is 246 g/mol. The van der Waals surface area contributed by atoms with E-state index in [9.17, 15) is 0 Å². The van der Waals surface area contributed by atoms with Crippen LogP contribution in [0.1, 0.15) is 37.9 Å². The van der Waals surface area contributed by atoms with Crippen LogP contribution >= 0.6 is 0 Å². The van der Waals surface area contributed by atoms with E-state index in [-0.39, 0.29) is 5.54 Å². The van der Waals surface area contributed by atoms with Crippen molar-refractivity contribution >= 4 is 0 Å². The van der Waals surface area contributed by atoms with Gasteiger partial charge in [0.15, 0.2) is 0 Å². The van der Waals surface area contributed by atoms with Crippen molar-refractivity contribution in [1.29, 1.82) is 5.26 Å². The Hall–Kier alpha value is -1.37. The molecular formula is C17H23N3. The summed E-state index contributed by atoms with van der Waals surface area (Å²) < 4.78 is 0. The molecule has 3 rings (SSSR count). The molecule has 106 valence electrons. The lowest BCUT2D eigenvalue weighted by atomic mass is 9.84. The van der Waals surface area contributed by atoms with E-state index in [2.05, 4.69) is 49.2 Å². The predicted molar refractivity (Wildman–Crippen MR) is 80.2 cm³/mol. The molecule has 3 nitrogen and oxygen atoms in total. The van der Waals surface area contributed by atoms with Crippen molar-refractivity contribution in [2.45, 2.75) is 32.4 Å². The predicted octanol–water partition coefficient (Wildman–Crippen LogP) is 2.55. The van der Waals surface area contributed by atoms with E-state index >= 15 is 0 Å². The average molecular weight is 269 g/mol. The molecule has 2 saturated heterocycles. The normalized spacial score (nSPS) is 29.9. The molecule has 0 saturated carbocycles. The SMILES string of the molecule is CC(c1ccc(C#N)cc1)N1CC2CNCC2C1(C)C. The van der Waals surface area contributed by atoms with E-state index in [4.69, 9.17) is 5.26 Å². The minimum atomic E-state index is 0.238. The summed E-state index contributed by atoms with van der Waals surface area (Å²) >= 11 is 0. The minimum absolute atomic E-state index is 0.238. The van der Waals surface area contributed by atoms with Gasteiger partial charge >= 0.3 is 0 Å². The van der Waals surface area contributed by atoms with Crippen molar-refractivity contribution in [3.8, 4) is 6.07 Å². The van der Waals surface area contributed by atoms with Crippen molar-refractivity contribution in [2.75, 3.05) is 19.6 Å². The van der Waals surface area contributed by atoms with Crippen molar-refractivity contribution in [2.24, 2.45) is 11.8 Å². The zero-order valence-corrected chi connectivity index (χ0v) is 12.6. The van der Waals surface area contributed by atoms with E-state index in [1.165, 1.54) is 12.1 Å². The Bertz CT molecular complexity index is 526. The number of nitriles is 1. The first-order valence-electron chi connectivity index (χ1n) is 7.51. The summed E-state index contributed by atoms with van der Waals surface area (Å²) in [5, 5.41) is 12.4. The van der Waals surface area contributed by atoms with Crippen LogP contribution in [0.25, 0.3) is 0 Å². The third-order valence-electron chi connectivity index (χ3n) is 5.41. The van der Waals surface area contributed by atoms with Crippen LogP contribution in [0.15, 0.2) is 24.3 Å². The van der Waals surface area contributed by atoms with Gasteiger partial charge in [0.05, 0.1) is 11.6 Å². The van der Waals surface area contributed by atoms with Gasteiger partial charge < -0.3 is 5.32 Å². The number of nitrogens with zero attached hydrogens (tertiary/aromatic N) is 2. The Morgan fingerprint density at radius 1 is 1.30 bits per heavy atom. The first-order valence-corrected chi connectivity index (χ1v) is 7.51. The minimum Gasteiger partial charge on any atom is -0.316 e.